The zero-order valence-corrected chi connectivity index (χ0v) is 67.5. The average molecular weight is 1470 g/mol. The van der Waals surface area contributed by atoms with Crippen molar-refractivity contribution in [1.29, 1.82) is 0 Å². The third kappa shape index (κ3) is 73.0. The molecule has 0 saturated carbocycles. The molecule has 0 aromatic rings. The number of carbonyl (C=O) groups is 4. The minimum absolute atomic E-state index is 0.105. The van der Waals surface area contributed by atoms with Gasteiger partial charge in [-0.1, -0.05) is 370 Å². The molecule has 0 aliphatic heterocycles. The fourth-order valence-corrected chi connectivity index (χ4v) is 14.0. The van der Waals surface area contributed by atoms with Crippen LogP contribution in [0.2, 0.25) is 0 Å². The Morgan fingerprint density at radius 1 is 0.290 bits per heavy atom. The normalized spacial score (nSPS) is 14.2. The zero-order valence-electron chi connectivity index (χ0n) is 65.7. The van der Waals surface area contributed by atoms with Crippen LogP contribution in [0.15, 0.2) is 0 Å². The van der Waals surface area contributed by atoms with Gasteiger partial charge in [-0.15, -0.1) is 0 Å². The van der Waals surface area contributed by atoms with E-state index in [0.717, 1.165) is 108 Å². The number of carbonyl (C=O) groups excluding carboxylic acids is 4. The molecule has 0 rings (SSSR count). The Hall–Kier alpha value is -1.94. The van der Waals surface area contributed by atoms with Crippen molar-refractivity contribution in [3.8, 4) is 0 Å². The highest BCUT2D eigenvalue weighted by atomic mass is 31.2. The minimum atomic E-state index is -4.96. The fourth-order valence-electron chi connectivity index (χ4n) is 12.5. The Morgan fingerprint density at radius 3 is 0.760 bits per heavy atom. The van der Waals surface area contributed by atoms with Gasteiger partial charge in [0.25, 0.3) is 0 Å². The molecule has 6 atom stereocenters. The van der Waals surface area contributed by atoms with Gasteiger partial charge in [-0.25, -0.2) is 9.13 Å². The summed E-state index contributed by atoms with van der Waals surface area (Å²) >= 11 is 0. The molecule has 3 N–H and O–H groups in total. The first kappa shape index (κ1) is 98.1. The van der Waals surface area contributed by atoms with Crippen LogP contribution in [0, 0.1) is 17.8 Å². The van der Waals surface area contributed by atoms with E-state index in [1.54, 1.807) is 0 Å². The number of hydrogen-bond acceptors (Lipinski definition) is 15. The molecule has 0 heterocycles. The number of phosphoric acid groups is 2. The van der Waals surface area contributed by atoms with Gasteiger partial charge in [0.15, 0.2) is 12.2 Å². The van der Waals surface area contributed by atoms with Crippen LogP contribution >= 0.6 is 15.6 Å². The number of aliphatic hydroxyl groups is 1. The van der Waals surface area contributed by atoms with Crippen molar-refractivity contribution in [2.45, 2.75) is 439 Å². The van der Waals surface area contributed by atoms with Crippen molar-refractivity contribution in [2.24, 2.45) is 17.8 Å². The Bertz CT molecular complexity index is 1940. The molecule has 17 nitrogen and oxygen atoms in total. The van der Waals surface area contributed by atoms with Crippen molar-refractivity contribution in [2.75, 3.05) is 39.6 Å². The standard InChI is InChI=1S/C81H158O17P2/c1-8-10-11-12-13-14-26-33-41-48-55-62-78(83)91-69-77(98-81(86)65-58-51-44-37-36-39-46-53-60-73(5)6)71-96-100(89,90)94-67-75(82)66-93-99(87,88)95-70-76(68-92-79(84)63-56-49-42-34-29-25-21-22-27-31-38-45-52-59-72(3)4)97-80(85)64-57-50-43-35-30-24-20-18-16-15-17-19-23-28-32-40-47-54-61-74(7)9-2/h72-77,82H,8-71H2,1-7H3,(H,87,88)(H,89,90)/t74?,75-,76-,77-/m1/s1. The van der Waals surface area contributed by atoms with Gasteiger partial charge in [-0.3, -0.25) is 37.3 Å². The van der Waals surface area contributed by atoms with Crippen LogP contribution < -0.4 is 0 Å². The average Bonchev–Trinajstić information content (AvgIpc) is 1.01. The summed E-state index contributed by atoms with van der Waals surface area (Å²) in [5.41, 5.74) is 0. The van der Waals surface area contributed by atoms with Gasteiger partial charge in [0.2, 0.25) is 0 Å². The summed E-state index contributed by atoms with van der Waals surface area (Å²) in [6.45, 7) is 12.0. The summed E-state index contributed by atoms with van der Waals surface area (Å²) in [6, 6.07) is 0. The van der Waals surface area contributed by atoms with E-state index in [2.05, 4.69) is 48.5 Å². The molecule has 0 amide bonds. The van der Waals surface area contributed by atoms with E-state index in [0.29, 0.717) is 25.7 Å². The van der Waals surface area contributed by atoms with Crippen molar-refractivity contribution in [1.82, 2.24) is 0 Å². The van der Waals surface area contributed by atoms with E-state index in [-0.39, 0.29) is 25.7 Å². The number of unbranched alkanes of at least 4 members (excludes halogenated alkanes) is 46. The quantitative estimate of drug-likeness (QED) is 0.0222. The maximum atomic E-state index is 13.1. The highest BCUT2D eigenvalue weighted by Gasteiger charge is 2.30. The van der Waals surface area contributed by atoms with Crippen LogP contribution in [-0.4, -0.2) is 96.7 Å². The molecule has 0 bridgehead atoms. The summed E-state index contributed by atoms with van der Waals surface area (Å²) in [7, 11) is -9.92. The highest BCUT2D eigenvalue weighted by molar-refractivity contribution is 7.47. The van der Waals surface area contributed by atoms with Crippen molar-refractivity contribution in [3.63, 3.8) is 0 Å². The van der Waals surface area contributed by atoms with Crippen molar-refractivity contribution in [3.05, 3.63) is 0 Å². The first-order valence-electron chi connectivity index (χ1n) is 41.9. The summed E-state index contributed by atoms with van der Waals surface area (Å²) in [6.07, 6.45) is 59.7. The minimum Gasteiger partial charge on any atom is -0.462 e. The maximum absolute atomic E-state index is 13.1. The summed E-state index contributed by atoms with van der Waals surface area (Å²) in [5.74, 6) is 0.268. The van der Waals surface area contributed by atoms with Gasteiger partial charge in [-0.05, 0) is 43.4 Å². The lowest BCUT2D eigenvalue weighted by atomic mass is 9.99. The smallest absolute Gasteiger partial charge is 0.462 e. The third-order valence-electron chi connectivity index (χ3n) is 19.2. The van der Waals surface area contributed by atoms with Gasteiger partial charge >= 0.3 is 39.5 Å². The molecular weight excluding hydrogens is 1310 g/mol. The third-order valence-corrected chi connectivity index (χ3v) is 21.1. The molecule has 3 unspecified atom stereocenters. The maximum Gasteiger partial charge on any atom is 0.472 e. The van der Waals surface area contributed by atoms with Crippen molar-refractivity contribution < 1.29 is 80.2 Å². The number of rotatable bonds is 79. The van der Waals surface area contributed by atoms with Gasteiger partial charge in [0.1, 0.15) is 19.3 Å². The second kappa shape index (κ2) is 71.3. The lowest BCUT2D eigenvalue weighted by Crippen LogP contribution is -2.30. The van der Waals surface area contributed by atoms with Crippen LogP contribution in [0.3, 0.4) is 0 Å². The van der Waals surface area contributed by atoms with E-state index < -0.39 is 97.5 Å². The van der Waals surface area contributed by atoms with Gasteiger partial charge in [-0.2, -0.15) is 0 Å². The number of phosphoric ester groups is 2. The Morgan fingerprint density at radius 2 is 0.510 bits per heavy atom. The van der Waals surface area contributed by atoms with Crippen LogP contribution in [-0.2, 0) is 65.4 Å². The first-order valence-corrected chi connectivity index (χ1v) is 44.9. The predicted octanol–water partition coefficient (Wildman–Crippen LogP) is 24.1. The number of aliphatic hydroxyl groups excluding tert-OH is 1. The van der Waals surface area contributed by atoms with Crippen LogP contribution in [0.25, 0.3) is 0 Å². The molecule has 0 aromatic carbocycles. The number of ether oxygens (including phenoxy) is 4. The summed E-state index contributed by atoms with van der Waals surface area (Å²) in [4.78, 5) is 73.0. The monoisotopic (exact) mass is 1470 g/mol. The van der Waals surface area contributed by atoms with Gasteiger partial charge in [0, 0.05) is 25.7 Å². The predicted molar refractivity (Wildman–Crippen MR) is 409 cm³/mol. The molecule has 0 aromatic heterocycles. The molecule has 0 saturated heterocycles. The second-order valence-corrected chi connectivity index (χ2v) is 33.3. The van der Waals surface area contributed by atoms with Crippen LogP contribution in [0.5, 0.6) is 0 Å². The number of esters is 4. The number of hydrogen-bond donors (Lipinski definition) is 3. The zero-order chi connectivity index (χ0) is 73.7. The van der Waals surface area contributed by atoms with E-state index in [1.165, 1.54) is 231 Å². The molecule has 0 fully saturated rings. The molecule has 19 heteroatoms. The Labute approximate surface area is 613 Å². The summed E-state index contributed by atoms with van der Waals surface area (Å²) in [5, 5.41) is 10.6. The van der Waals surface area contributed by atoms with Crippen LogP contribution in [0.1, 0.15) is 421 Å². The fraction of sp³-hybridized carbons (Fsp3) is 0.951. The van der Waals surface area contributed by atoms with Gasteiger partial charge < -0.3 is 33.8 Å². The topological polar surface area (TPSA) is 237 Å². The lowest BCUT2D eigenvalue weighted by Gasteiger charge is -2.21. The molecule has 0 spiro atoms. The first-order chi connectivity index (χ1) is 48.3. The Balaban J connectivity index is 5.21. The van der Waals surface area contributed by atoms with Crippen LogP contribution in [0.4, 0.5) is 0 Å². The molecule has 594 valence electrons. The van der Waals surface area contributed by atoms with E-state index in [1.807, 2.05) is 0 Å². The van der Waals surface area contributed by atoms with Crippen molar-refractivity contribution >= 4 is 39.5 Å². The van der Waals surface area contributed by atoms with E-state index in [4.69, 9.17) is 37.0 Å². The molecule has 0 aliphatic carbocycles. The Kier molecular flexibility index (Phi) is 69.9. The summed E-state index contributed by atoms with van der Waals surface area (Å²) < 4.78 is 68.7. The van der Waals surface area contributed by atoms with Gasteiger partial charge in [0.05, 0.1) is 26.4 Å². The highest BCUT2D eigenvalue weighted by Crippen LogP contribution is 2.45. The molecule has 0 aliphatic rings. The second-order valence-electron chi connectivity index (χ2n) is 30.4. The van der Waals surface area contributed by atoms with E-state index in [9.17, 15) is 43.2 Å². The van der Waals surface area contributed by atoms with E-state index >= 15 is 0 Å². The SMILES string of the molecule is CCCCCCCCCCCCCC(=O)OC[C@H](COP(=O)(O)OC[C@H](O)COP(=O)(O)OC[C@@H](COC(=O)CCCCCCCCCCCCCCCC(C)C)OC(=O)CCCCCCCCCCCCCCCCCCCCC(C)CC)OC(=O)CCCCCCCCCCC(C)C. The largest absolute Gasteiger partial charge is 0.472 e. The molecule has 100 heavy (non-hydrogen) atoms. The molecule has 0 radical (unpaired) electrons. The molecular formula is C81H158O17P2. The lowest BCUT2D eigenvalue weighted by molar-refractivity contribution is -0.161.